The molecule has 0 aliphatic carbocycles. The van der Waals surface area contributed by atoms with Crippen molar-refractivity contribution < 1.29 is 24.0 Å². The quantitative estimate of drug-likeness (QED) is 0.283. The number of benzene rings is 2. The van der Waals surface area contributed by atoms with E-state index < -0.39 is 23.4 Å². The minimum Gasteiger partial charge on any atom is -0.452 e. The van der Waals surface area contributed by atoms with Crippen molar-refractivity contribution in [3.63, 3.8) is 0 Å². The Morgan fingerprint density at radius 2 is 1.93 bits per heavy atom. The first-order chi connectivity index (χ1) is 13.3. The van der Waals surface area contributed by atoms with E-state index in [4.69, 9.17) is 10.5 Å². The molecular weight excluding hydrogens is 368 g/mol. The summed E-state index contributed by atoms with van der Waals surface area (Å²) >= 11 is 0. The molecule has 0 saturated carbocycles. The van der Waals surface area contributed by atoms with Crippen LogP contribution in [0.4, 0.5) is 17.1 Å². The van der Waals surface area contributed by atoms with Gasteiger partial charge in [-0.1, -0.05) is 6.07 Å². The normalized spacial score (nSPS) is 10.0. The predicted octanol–water partition coefficient (Wildman–Crippen LogP) is 1.72. The second-order valence-corrected chi connectivity index (χ2v) is 5.59. The maximum atomic E-state index is 12.1. The van der Waals surface area contributed by atoms with Gasteiger partial charge in [-0.25, -0.2) is 4.79 Å². The molecule has 28 heavy (non-hydrogen) atoms. The van der Waals surface area contributed by atoms with E-state index in [1.807, 2.05) is 0 Å². The van der Waals surface area contributed by atoms with Crippen LogP contribution in [0.5, 0.6) is 0 Å². The first-order valence-corrected chi connectivity index (χ1v) is 8.21. The lowest BCUT2D eigenvalue weighted by Crippen LogP contribution is -2.23. The van der Waals surface area contributed by atoms with Crippen LogP contribution in [0, 0.1) is 10.1 Å². The van der Waals surface area contributed by atoms with Gasteiger partial charge in [0.25, 0.3) is 17.5 Å². The van der Waals surface area contributed by atoms with E-state index in [1.54, 1.807) is 25.1 Å². The molecule has 2 aromatic rings. The van der Waals surface area contributed by atoms with E-state index in [-0.39, 0.29) is 22.8 Å². The number of rotatable bonds is 7. The molecule has 0 aliphatic heterocycles. The Bertz CT molecular complexity index is 928. The Kier molecular flexibility index (Phi) is 6.63. The Labute approximate surface area is 159 Å². The van der Waals surface area contributed by atoms with Crippen LogP contribution in [0.3, 0.4) is 0 Å². The van der Waals surface area contributed by atoms with Crippen molar-refractivity contribution in [1.29, 1.82) is 0 Å². The fourth-order valence-electron chi connectivity index (χ4n) is 2.24. The summed E-state index contributed by atoms with van der Waals surface area (Å²) in [5.41, 5.74) is 5.79. The van der Waals surface area contributed by atoms with Crippen molar-refractivity contribution in [1.82, 2.24) is 5.32 Å². The number of hydrogen-bond donors (Lipinski definition) is 3. The number of nitro benzene ring substituents is 1. The molecule has 2 amide bonds. The molecule has 10 heteroatoms. The van der Waals surface area contributed by atoms with Crippen LogP contribution in [0.2, 0.25) is 0 Å². The van der Waals surface area contributed by atoms with Gasteiger partial charge in [-0.2, -0.15) is 0 Å². The standard InChI is InChI=1S/C18H18N4O6/c1-2-20-17(24)11-4-3-5-12(8-11)21-16(23)10-28-18(25)14-9-13(22(26)27)6-7-15(14)19/h3-9H,2,10,19H2,1H3,(H,20,24)(H,21,23). The molecule has 0 spiro atoms. The molecule has 0 atom stereocenters. The number of esters is 1. The second-order valence-electron chi connectivity index (χ2n) is 5.59. The number of carbonyl (C=O) groups excluding carboxylic acids is 3. The number of non-ortho nitro benzene ring substituents is 1. The molecule has 0 aromatic heterocycles. The summed E-state index contributed by atoms with van der Waals surface area (Å²) in [6.07, 6.45) is 0. The van der Waals surface area contributed by atoms with Crippen LogP contribution in [-0.4, -0.2) is 35.9 Å². The fraction of sp³-hybridized carbons (Fsp3) is 0.167. The lowest BCUT2D eigenvalue weighted by molar-refractivity contribution is -0.384. The SMILES string of the molecule is CCNC(=O)c1cccc(NC(=O)COC(=O)c2cc([N+](=O)[O-])ccc2N)c1. The molecule has 0 bridgehead atoms. The molecule has 4 N–H and O–H groups in total. The van der Waals surface area contributed by atoms with Gasteiger partial charge in [0, 0.05) is 35.6 Å². The molecule has 0 radical (unpaired) electrons. The van der Waals surface area contributed by atoms with Crippen molar-refractivity contribution >= 4 is 34.8 Å². The molecule has 0 aliphatic rings. The molecular formula is C18H18N4O6. The van der Waals surface area contributed by atoms with E-state index in [9.17, 15) is 24.5 Å². The Morgan fingerprint density at radius 1 is 1.18 bits per heavy atom. The second kappa shape index (κ2) is 9.12. The van der Waals surface area contributed by atoms with E-state index in [2.05, 4.69) is 10.6 Å². The van der Waals surface area contributed by atoms with Crippen molar-refractivity contribution in [2.45, 2.75) is 6.92 Å². The maximum absolute atomic E-state index is 12.1. The number of nitro groups is 1. The van der Waals surface area contributed by atoms with E-state index >= 15 is 0 Å². The minimum atomic E-state index is -0.965. The highest BCUT2D eigenvalue weighted by Crippen LogP contribution is 2.20. The lowest BCUT2D eigenvalue weighted by atomic mass is 10.1. The van der Waals surface area contributed by atoms with Gasteiger partial charge in [0.05, 0.1) is 10.5 Å². The smallest absolute Gasteiger partial charge is 0.341 e. The zero-order valence-corrected chi connectivity index (χ0v) is 14.9. The van der Waals surface area contributed by atoms with Crippen LogP contribution in [0.25, 0.3) is 0 Å². The molecule has 0 saturated heterocycles. The average Bonchev–Trinajstić information content (AvgIpc) is 2.66. The number of amides is 2. The minimum absolute atomic E-state index is 0.00866. The summed E-state index contributed by atoms with van der Waals surface area (Å²) in [7, 11) is 0. The van der Waals surface area contributed by atoms with Gasteiger partial charge in [0.2, 0.25) is 0 Å². The molecule has 2 aromatic carbocycles. The molecule has 146 valence electrons. The first-order valence-electron chi connectivity index (χ1n) is 8.21. The van der Waals surface area contributed by atoms with Gasteiger partial charge in [0.15, 0.2) is 6.61 Å². The topological polar surface area (TPSA) is 154 Å². The highest BCUT2D eigenvalue weighted by molar-refractivity contribution is 5.99. The van der Waals surface area contributed by atoms with Gasteiger partial charge in [0.1, 0.15) is 0 Å². The summed E-state index contributed by atoms with van der Waals surface area (Å²) in [4.78, 5) is 46.0. The fourth-order valence-corrected chi connectivity index (χ4v) is 2.24. The number of anilines is 2. The summed E-state index contributed by atoms with van der Waals surface area (Å²) in [6, 6.07) is 9.57. The van der Waals surface area contributed by atoms with Crippen LogP contribution >= 0.6 is 0 Å². The number of hydrogen-bond acceptors (Lipinski definition) is 7. The number of carbonyl (C=O) groups is 3. The third-order valence-corrected chi connectivity index (χ3v) is 3.55. The first kappa shape index (κ1) is 20.4. The van der Waals surface area contributed by atoms with Gasteiger partial charge in [-0.3, -0.25) is 19.7 Å². The molecule has 0 fully saturated rings. The van der Waals surface area contributed by atoms with E-state index in [1.165, 1.54) is 12.1 Å². The number of nitrogens with zero attached hydrogens (tertiary/aromatic N) is 1. The van der Waals surface area contributed by atoms with Crippen LogP contribution in [0.1, 0.15) is 27.6 Å². The van der Waals surface area contributed by atoms with Crippen molar-refractivity contribution in [2.75, 3.05) is 24.2 Å². The van der Waals surface area contributed by atoms with Gasteiger partial charge in [-0.15, -0.1) is 0 Å². The van der Waals surface area contributed by atoms with Crippen LogP contribution in [-0.2, 0) is 9.53 Å². The summed E-state index contributed by atoms with van der Waals surface area (Å²) in [5, 5.41) is 15.9. The number of nitrogens with two attached hydrogens (primary N) is 1. The zero-order valence-electron chi connectivity index (χ0n) is 14.9. The van der Waals surface area contributed by atoms with Crippen LogP contribution in [0.15, 0.2) is 42.5 Å². The monoisotopic (exact) mass is 386 g/mol. The lowest BCUT2D eigenvalue weighted by Gasteiger charge is -2.09. The van der Waals surface area contributed by atoms with Crippen molar-refractivity contribution in [3.8, 4) is 0 Å². The number of nitrogens with one attached hydrogen (secondary N) is 2. The highest BCUT2D eigenvalue weighted by atomic mass is 16.6. The average molecular weight is 386 g/mol. The number of ether oxygens (including phenoxy) is 1. The summed E-state index contributed by atoms with van der Waals surface area (Å²) in [5.74, 6) is -1.90. The van der Waals surface area contributed by atoms with Gasteiger partial charge < -0.3 is 21.1 Å². The van der Waals surface area contributed by atoms with Crippen molar-refractivity contribution in [3.05, 3.63) is 63.7 Å². The molecule has 2 rings (SSSR count). The van der Waals surface area contributed by atoms with Crippen LogP contribution < -0.4 is 16.4 Å². The zero-order chi connectivity index (χ0) is 20.7. The largest absolute Gasteiger partial charge is 0.452 e. The molecule has 0 heterocycles. The molecule has 10 nitrogen and oxygen atoms in total. The summed E-state index contributed by atoms with van der Waals surface area (Å²) < 4.78 is 4.86. The van der Waals surface area contributed by atoms with Gasteiger partial charge >= 0.3 is 5.97 Å². The Hall–Kier alpha value is -3.95. The van der Waals surface area contributed by atoms with Crippen molar-refractivity contribution in [2.24, 2.45) is 0 Å². The van der Waals surface area contributed by atoms with E-state index in [0.29, 0.717) is 17.8 Å². The summed E-state index contributed by atoms with van der Waals surface area (Å²) in [6.45, 7) is 1.62. The predicted molar refractivity (Wildman–Crippen MR) is 101 cm³/mol. The van der Waals surface area contributed by atoms with Gasteiger partial charge in [-0.05, 0) is 31.2 Å². The Morgan fingerprint density at radius 3 is 2.61 bits per heavy atom. The third-order valence-electron chi connectivity index (χ3n) is 3.55. The maximum Gasteiger partial charge on any atom is 0.341 e. The van der Waals surface area contributed by atoms with E-state index in [0.717, 1.165) is 12.1 Å². The third kappa shape index (κ3) is 5.27. The highest BCUT2D eigenvalue weighted by Gasteiger charge is 2.18. The Balaban J connectivity index is 1.98. The number of nitrogen functional groups attached to an aromatic ring is 1. The molecule has 0 unspecified atom stereocenters.